The Morgan fingerprint density at radius 3 is 2.96 bits per heavy atom. The zero-order valence-corrected chi connectivity index (χ0v) is 14.2. The number of ether oxygens (including phenoxy) is 1. The molecule has 24 heavy (non-hydrogen) atoms. The summed E-state index contributed by atoms with van der Waals surface area (Å²) in [5.41, 5.74) is 0.519. The van der Waals surface area contributed by atoms with Gasteiger partial charge in [0, 0.05) is 49.4 Å². The summed E-state index contributed by atoms with van der Waals surface area (Å²) in [5.74, 6) is 0.424. The highest BCUT2D eigenvalue weighted by Gasteiger charge is 2.37. The highest BCUT2D eigenvalue weighted by Crippen LogP contribution is 2.27. The van der Waals surface area contributed by atoms with Gasteiger partial charge < -0.3 is 10.1 Å². The number of carbonyl (C=O) groups is 1. The summed E-state index contributed by atoms with van der Waals surface area (Å²) in [7, 11) is 0. The largest absolute Gasteiger partial charge is 0.471 e. The molecule has 124 valence electrons. The molecule has 1 aliphatic rings. The van der Waals surface area contributed by atoms with Gasteiger partial charge in [0.1, 0.15) is 12.2 Å². The van der Waals surface area contributed by atoms with Crippen molar-refractivity contribution in [1.82, 2.24) is 14.9 Å². The molecular formula is C16H17N5O2S. The lowest BCUT2D eigenvalue weighted by Gasteiger charge is -2.45. The Balaban J connectivity index is 1.51. The van der Waals surface area contributed by atoms with Crippen LogP contribution in [-0.2, 0) is 11.3 Å². The number of nitrogens with one attached hydrogen (secondary N) is 1. The van der Waals surface area contributed by atoms with Gasteiger partial charge in [-0.3, -0.25) is 9.69 Å². The predicted molar refractivity (Wildman–Crippen MR) is 89.7 cm³/mol. The van der Waals surface area contributed by atoms with E-state index in [1.165, 1.54) is 24.5 Å². The molecule has 0 aliphatic carbocycles. The van der Waals surface area contributed by atoms with Crippen LogP contribution in [0, 0.1) is 11.3 Å². The van der Waals surface area contributed by atoms with Crippen LogP contribution in [-0.4, -0.2) is 39.5 Å². The molecule has 2 aromatic heterocycles. The number of carbonyl (C=O) groups excluding carboxylic acids is 1. The topological polar surface area (TPSA) is 91.1 Å². The van der Waals surface area contributed by atoms with Gasteiger partial charge in [-0.05, 0) is 13.0 Å². The van der Waals surface area contributed by atoms with E-state index in [2.05, 4.69) is 27.1 Å². The number of hydrogen-bond acceptors (Lipinski definition) is 7. The van der Waals surface area contributed by atoms with Gasteiger partial charge in [-0.2, -0.15) is 5.26 Å². The van der Waals surface area contributed by atoms with Crippen LogP contribution in [0.1, 0.15) is 24.3 Å². The van der Waals surface area contributed by atoms with E-state index in [1.807, 2.05) is 6.07 Å². The first-order valence-electron chi connectivity index (χ1n) is 7.54. The van der Waals surface area contributed by atoms with Crippen molar-refractivity contribution in [2.24, 2.45) is 0 Å². The molecule has 3 heterocycles. The number of pyridine rings is 1. The lowest BCUT2D eigenvalue weighted by Crippen LogP contribution is -2.60. The fraction of sp³-hybridized carbons (Fsp3) is 0.375. The molecule has 1 aliphatic heterocycles. The van der Waals surface area contributed by atoms with Crippen LogP contribution in [0.3, 0.4) is 0 Å². The van der Waals surface area contributed by atoms with Gasteiger partial charge >= 0.3 is 0 Å². The van der Waals surface area contributed by atoms with E-state index >= 15 is 0 Å². The van der Waals surface area contributed by atoms with Crippen LogP contribution < -0.4 is 10.1 Å². The van der Waals surface area contributed by atoms with E-state index in [9.17, 15) is 4.79 Å². The summed E-state index contributed by atoms with van der Waals surface area (Å²) < 4.78 is 5.86. The number of rotatable bonds is 5. The van der Waals surface area contributed by atoms with Crippen LogP contribution in [0.5, 0.6) is 5.88 Å². The number of hydrogen-bond donors (Lipinski definition) is 1. The third kappa shape index (κ3) is 3.69. The summed E-state index contributed by atoms with van der Waals surface area (Å²) in [6.45, 7) is 5.15. The van der Waals surface area contributed by atoms with Gasteiger partial charge in [-0.25, -0.2) is 9.97 Å². The molecule has 0 spiro atoms. The smallest absolute Gasteiger partial charge is 0.223 e. The van der Waals surface area contributed by atoms with Crippen LogP contribution in [0.15, 0.2) is 24.5 Å². The Morgan fingerprint density at radius 1 is 1.50 bits per heavy atom. The third-order valence-corrected chi connectivity index (χ3v) is 4.76. The van der Waals surface area contributed by atoms with E-state index < -0.39 is 0 Å². The number of thiazole rings is 1. The Bertz CT molecular complexity index is 768. The van der Waals surface area contributed by atoms with Crippen LogP contribution in [0.4, 0.5) is 5.13 Å². The van der Waals surface area contributed by atoms with E-state index in [0.29, 0.717) is 16.6 Å². The second-order valence-corrected chi connectivity index (χ2v) is 6.75. The first-order valence-corrected chi connectivity index (χ1v) is 8.36. The van der Waals surface area contributed by atoms with Crippen molar-refractivity contribution < 1.29 is 9.53 Å². The maximum atomic E-state index is 11.0. The number of likely N-dealkylation sites (tertiary alicyclic amines) is 1. The average molecular weight is 343 g/mol. The second-order valence-electron chi connectivity index (χ2n) is 5.64. The first-order chi connectivity index (χ1) is 11.5. The number of anilines is 1. The molecule has 0 aromatic carbocycles. The molecule has 1 fully saturated rings. The number of nitrogens with zero attached hydrogens (tertiary/aromatic N) is 4. The molecule has 1 amide bonds. The summed E-state index contributed by atoms with van der Waals surface area (Å²) in [4.78, 5) is 22.7. The fourth-order valence-electron chi connectivity index (χ4n) is 2.45. The zero-order chi connectivity index (χ0) is 17.1. The summed E-state index contributed by atoms with van der Waals surface area (Å²) in [6, 6.07) is 5.71. The Hall–Kier alpha value is -2.50. The molecule has 3 rings (SSSR count). The molecule has 0 radical (unpaired) electrons. The van der Waals surface area contributed by atoms with Crippen molar-refractivity contribution >= 4 is 22.4 Å². The molecule has 0 saturated carbocycles. The quantitative estimate of drug-likeness (QED) is 0.893. The first kappa shape index (κ1) is 16.4. The minimum absolute atomic E-state index is 0.0770. The minimum atomic E-state index is -0.114. The third-order valence-electron chi connectivity index (χ3n) is 3.86. The number of nitriles is 1. The SMILES string of the molecule is CC(=O)Nc1ncc(CN2C[C@@H](Oc3ccc(C#N)cn3)[C@H]2C)s1. The molecular weight excluding hydrogens is 326 g/mol. The van der Waals surface area contributed by atoms with Crippen molar-refractivity contribution in [3.8, 4) is 11.9 Å². The van der Waals surface area contributed by atoms with Crippen molar-refractivity contribution in [3.05, 3.63) is 35.0 Å². The highest BCUT2D eigenvalue weighted by molar-refractivity contribution is 7.15. The molecule has 7 nitrogen and oxygen atoms in total. The Labute approximate surface area is 143 Å². The second kappa shape index (κ2) is 6.95. The van der Waals surface area contributed by atoms with Gasteiger partial charge in [0.15, 0.2) is 5.13 Å². The number of amides is 1. The Morgan fingerprint density at radius 2 is 2.33 bits per heavy atom. The molecule has 0 unspecified atom stereocenters. The monoisotopic (exact) mass is 343 g/mol. The van der Waals surface area contributed by atoms with E-state index in [0.717, 1.165) is 18.0 Å². The highest BCUT2D eigenvalue weighted by atomic mass is 32.1. The standard InChI is InChI=1S/C16H17N5O2S/c1-10-14(23-15-4-3-12(5-17)6-18-15)9-21(10)8-13-7-19-16(24-13)20-11(2)22/h3-4,6-7,10,14H,8-9H2,1-2H3,(H,19,20,22)/t10-,14-/m1/s1. The molecule has 1 N–H and O–H groups in total. The van der Waals surface area contributed by atoms with Gasteiger partial charge in [-0.1, -0.05) is 0 Å². The van der Waals surface area contributed by atoms with Gasteiger partial charge in [0.2, 0.25) is 11.8 Å². The lowest BCUT2D eigenvalue weighted by atomic mass is 10.0. The van der Waals surface area contributed by atoms with Crippen LogP contribution in [0.25, 0.3) is 0 Å². The Kier molecular flexibility index (Phi) is 4.74. The summed E-state index contributed by atoms with van der Waals surface area (Å²) in [5, 5.41) is 12.1. The van der Waals surface area contributed by atoms with Crippen LogP contribution >= 0.6 is 11.3 Å². The normalized spacial score (nSPS) is 20.0. The van der Waals surface area contributed by atoms with Crippen molar-refractivity contribution in [2.45, 2.75) is 32.5 Å². The summed E-state index contributed by atoms with van der Waals surface area (Å²) >= 11 is 1.48. The molecule has 2 atom stereocenters. The van der Waals surface area contributed by atoms with Crippen molar-refractivity contribution in [1.29, 1.82) is 5.26 Å². The molecule has 2 aromatic rings. The maximum absolute atomic E-state index is 11.0. The minimum Gasteiger partial charge on any atom is -0.471 e. The van der Waals surface area contributed by atoms with Gasteiger partial charge in [0.25, 0.3) is 0 Å². The van der Waals surface area contributed by atoms with Crippen molar-refractivity contribution in [3.63, 3.8) is 0 Å². The van der Waals surface area contributed by atoms with E-state index in [1.54, 1.807) is 18.3 Å². The zero-order valence-electron chi connectivity index (χ0n) is 13.4. The predicted octanol–water partition coefficient (Wildman–Crippen LogP) is 2.02. The van der Waals surface area contributed by atoms with Gasteiger partial charge in [-0.15, -0.1) is 11.3 Å². The van der Waals surface area contributed by atoms with Gasteiger partial charge in [0.05, 0.1) is 5.56 Å². The van der Waals surface area contributed by atoms with Crippen molar-refractivity contribution in [2.75, 3.05) is 11.9 Å². The molecule has 0 bridgehead atoms. The average Bonchev–Trinajstić information content (AvgIpc) is 3.00. The van der Waals surface area contributed by atoms with E-state index in [4.69, 9.17) is 10.00 Å². The molecule has 1 saturated heterocycles. The molecule has 8 heteroatoms. The summed E-state index contributed by atoms with van der Waals surface area (Å²) in [6.07, 6.45) is 3.38. The fourth-order valence-corrected chi connectivity index (χ4v) is 3.34. The maximum Gasteiger partial charge on any atom is 0.223 e. The van der Waals surface area contributed by atoms with Crippen LogP contribution in [0.2, 0.25) is 0 Å². The van der Waals surface area contributed by atoms with E-state index in [-0.39, 0.29) is 18.1 Å². The number of aromatic nitrogens is 2. The lowest BCUT2D eigenvalue weighted by molar-refractivity contribution is -0.114.